The molecule has 1 amide bonds. The lowest BCUT2D eigenvalue weighted by atomic mass is 9.81. The second-order valence-electron chi connectivity index (χ2n) is 6.93. The monoisotopic (exact) mass is 407 g/mol. The molecule has 2 aliphatic rings. The van der Waals surface area contributed by atoms with Gasteiger partial charge >= 0.3 is 0 Å². The lowest BCUT2D eigenvalue weighted by Crippen LogP contribution is -2.63. The highest BCUT2D eigenvalue weighted by molar-refractivity contribution is 7.92. The van der Waals surface area contributed by atoms with E-state index in [9.17, 15) is 13.2 Å². The van der Waals surface area contributed by atoms with Crippen molar-refractivity contribution in [1.29, 1.82) is 0 Å². The summed E-state index contributed by atoms with van der Waals surface area (Å²) in [7, 11) is -2.41. The number of carbonyl (C=O) groups is 1. The number of carbonyl (C=O) groups excluding carboxylic acids is 1. The zero-order chi connectivity index (χ0) is 19.4. The predicted octanol–water partition coefficient (Wildman–Crippen LogP) is 2.90. The van der Waals surface area contributed by atoms with Gasteiger partial charge in [-0.25, -0.2) is 8.42 Å². The first-order valence-electron chi connectivity index (χ1n) is 8.42. The standard InChI is InChI=1S/C19H18ClNO5S/c1-19-10-14(13-4-3-5-15(25-2)16(13)26-19)17(18(22)21-19)27(23,24)12-8-6-11(20)7-9-12/h3-9,14,17H,10H2,1-2H3,(H,21,22)/t14-,17-,19-/m0/s1. The summed E-state index contributed by atoms with van der Waals surface area (Å²) < 4.78 is 38.0. The van der Waals surface area contributed by atoms with E-state index in [0.29, 0.717) is 28.5 Å². The minimum absolute atomic E-state index is 0.0617. The van der Waals surface area contributed by atoms with Crippen LogP contribution < -0.4 is 14.8 Å². The van der Waals surface area contributed by atoms with Crippen LogP contribution in [-0.2, 0) is 14.6 Å². The molecule has 2 bridgehead atoms. The van der Waals surface area contributed by atoms with Crippen molar-refractivity contribution in [2.45, 2.75) is 35.1 Å². The Balaban J connectivity index is 1.87. The van der Waals surface area contributed by atoms with Crippen molar-refractivity contribution in [3.05, 3.63) is 53.1 Å². The molecule has 8 heteroatoms. The number of hydrogen-bond acceptors (Lipinski definition) is 5. The molecule has 0 spiro atoms. The average Bonchev–Trinajstić information content (AvgIpc) is 2.60. The van der Waals surface area contributed by atoms with E-state index < -0.39 is 32.6 Å². The number of sulfone groups is 1. The first kappa shape index (κ1) is 18.1. The highest BCUT2D eigenvalue weighted by Crippen LogP contribution is 2.50. The number of benzene rings is 2. The molecule has 0 unspecified atom stereocenters. The number of piperidine rings is 1. The number of para-hydroxylation sites is 1. The number of rotatable bonds is 3. The Morgan fingerprint density at radius 3 is 2.59 bits per heavy atom. The van der Waals surface area contributed by atoms with Gasteiger partial charge in [-0.1, -0.05) is 23.7 Å². The van der Waals surface area contributed by atoms with Crippen LogP contribution in [0.15, 0.2) is 47.4 Å². The molecule has 3 atom stereocenters. The van der Waals surface area contributed by atoms with Gasteiger partial charge in [0.05, 0.1) is 12.0 Å². The van der Waals surface area contributed by atoms with E-state index in [1.165, 1.54) is 31.4 Å². The Morgan fingerprint density at radius 2 is 1.93 bits per heavy atom. The Bertz CT molecular complexity index is 1020. The maximum atomic E-state index is 13.3. The topological polar surface area (TPSA) is 81.7 Å². The molecule has 27 heavy (non-hydrogen) atoms. The Labute approximate surface area is 162 Å². The van der Waals surface area contributed by atoms with Crippen LogP contribution >= 0.6 is 11.6 Å². The van der Waals surface area contributed by atoms with E-state index in [1.807, 2.05) is 0 Å². The van der Waals surface area contributed by atoms with Crippen molar-refractivity contribution in [3.8, 4) is 11.5 Å². The summed E-state index contributed by atoms with van der Waals surface area (Å²) in [4.78, 5) is 12.9. The number of nitrogens with one attached hydrogen (secondary N) is 1. The van der Waals surface area contributed by atoms with E-state index in [0.717, 1.165) is 0 Å². The minimum atomic E-state index is -3.93. The molecule has 0 radical (unpaired) electrons. The van der Waals surface area contributed by atoms with E-state index >= 15 is 0 Å². The van der Waals surface area contributed by atoms with Crippen LogP contribution in [0.4, 0.5) is 0 Å². The Kier molecular flexibility index (Phi) is 4.12. The maximum absolute atomic E-state index is 13.3. The summed E-state index contributed by atoms with van der Waals surface area (Å²) in [5.74, 6) is -0.155. The highest BCUT2D eigenvalue weighted by atomic mass is 35.5. The molecule has 4 rings (SSSR count). The fourth-order valence-electron chi connectivity index (χ4n) is 3.88. The largest absolute Gasteiger partial charge is 0.493 e. The molecule has 1 fully saturated rings. The van der Waals surface area contributed by atoms with Crippen LogP contribution in [0.5, 0.6) is 11.5 Å². The van der Waals surface area contributed by atoms with Gasteiger partial charge in [0.15, 0.2) is 32.3 Å². The molecule has 2 aromatic rings. The third kappa shape index (κ3) is 2.85. The molecule has 0 aliphatic carbocycles. The van der Waals surface area contributed by atoms with Gasteiger partial charge in [-0.2, -0.15) is 0 Å². The van der Waals surface area contributed by atoms with E-state index in [1.54, 1.807) is 25.1 Å². The molecular weight excluding hydrogens is 390 g/mol. The number of amides is 1. The fourth-order valence-corrected chi connectivity index (χ4v) is 5.83. The van der Waals surface area contributed by atoms with Gasteiger partial charge in [0, 0.05) is 22.9 Å². The minimum Gasteiger partial charge on any atom is -0.493 e. The van der Waals surface area contributed by atoms with Crippen LogP contribution in [0.25, 0.3) is 0 Å². The number of hydrogen-bond donors (Lipinski definition) is 1. The molecule has 2 aromatic carbocycles. The molecule has 6 nitrogen and oxygen atoms in total. The zero-order valence-electron chi connectivity index (χ0n) is 14.7. The van der Waals surface area contributed by atoms with Gasteiger partial charge in [0.2, 0.25) is 5.91 Å². The average molecular weight is 408 g/mol. The zero-order valence-corrected chi connectivity index (χ0v) is 16.3. The van der Waals surface area contributed by atoms with Gasteiger partial charge < -0.3 is 14.8 Å². The van der Waals surface area contributed by atoms with Gasteiger partial charge in [-0.05, 0) is 37.3 Å². The van der Waals surface area contributed by atoms with E-state index in [2.05, 4.69) is 5.32 Å². The van der Waals surface area contributed by atoms with Crippen LogP contribution in [-0.4, -0.2) is 32.4 Å². The van der Waals surface area contributed by atoms with E-state index in [-0.39, 0.29) is 4.90 Å². The fraction of sp³-hybridized carbons (Fsp3) is 0.316. The Morgan fingerprint density at radius 1 is 1.22 bits per heavy atom. The van der Waals surface area contributed by atoms with Crippen LogP contribution in [0.3, 0.4) is 0 Å². The molecule has 1 N–H and O–H groups in total. The van der Waals surface area contributed by atoms with Crippen molar-refractivity contribution in [2.24, 2.45) is 0 Å². The smallest absolute Gasteiger partial charge is 0.242 e. The molecule has 2 aliphatic heterocycles. The lowest BCUT2D eigenvalue weighted by molar-refractivity contribution is -0.132. The molecule has 1 saturated heterocycles. The van der Waals surface area contributed by atoms with Crippen LogP contribution in [0.1, 0.15) is 24.8 Å². The predicted molar refractivity (Wildman–Crippen MR) is 100.0 cm³/mol. The van der Waals surface area contributed by atoms with E-state index in [4.69, 9.17) is 21.1 Å². The normalized spacial score (nSPS) is 26.6. The molecular formula is C19H18ClNO5S. The first-order chi connectivity index (χ1) is 12.7. The maximum Gasteiger partial charge on any atom is 0.242 e. The third-order valence-corrected chi connectivity index (χ3v) is 7.45. The number of fused-ring (bicyclic) bond motifs is 4. The van der Waals surface area contributed by atoms with Crippen LogP contribution in [0, 0.1) is 0 Å². The van der Waals surface area contributed by atoms with Crippen molar-refractivity contribution in [3.63, 3.8) is 0 Å². The molecule has 142 valence electrons. The molecule has 0 aromatic heterocycles. The number of halogens is 1. The van der Waals surface area contributed by atoms with Gasteiger partial charge in [-0.3, -0.25) is 4.79 Å². The van der Waals surface area contributed by atoms with Crippen LogP contribution in [0.2, 0.25) is 5.02 Å². The quantitative estimate of drug-likeness (QED) is 0.846. The summed E-state index contributed by atoms with van der Waals surface area (Å²) in [6.07, 6.45) is 0.344. The van der Waals surface area contributed by atoms with Crippen molar-refractivity contribution < 1.29 is 22.7 Å². The lowest BCUT2D eigenvalue weighted by Gasteiger charge is -2.47. The number of ether oxygens (including phenoxy) is 2. The summed E-state index contributed by atoms with van der Waals surface area (Å²) in [6.45, 7) is 1.73. The molecule has 2 heterocycles. The first-order valence-corrected chi connectivity index (χ1v) is 10.3. The summed E-state index contributed by atoms with van der Waals surface area (Å²) >= 11 is 5.87. The van der Waals surface area contributed by atoms with Crippen molar-refractivity contribution in [2.75, 3.05) is 7.11 Å². The third-order valence-electron chi connectivity index (χ3n) is 5.05. The SMILES string of the molecule is COc1cccc2c1O[C@@]1(C)C[C@@H]2[C@H](S(=O)(=O)c2ccc(Cl)cc2)C(=O)N1. The van der Waals surface area contributed by atoms with Crippen molar-refractivity contribution >= 4 is 27.3 Å². The summed E-state index contributed by atoms with van der Waals surface area (Å²) in [5.41, 5.74) is -0.334. The second-order valence-corrected chi connectivity index (χ2v) is 9.44. The van der Waals surface area contributed by atoms with Gasteiger partial charge in [0.25, 0.3) is 0 Å². The van der Waals surface area contributed by atoms with Gasteiger partial charge in [0.1, 0.15) is 0 Å². The van der Waals surface area contributed by atoms with Gasteiger partial charge in [-0.15, -0.1) is 0 Å². The highest BCUT2D eigenvalue weighted by Gasteiger charge is 2.54. The second kappa shape index (κ2) is 6.14. The Hall–Kier alpha value is -2.25. The summed E-state index contributed by atoms with van der Waals surface area (Å²) in [5, 5.41) is 1.90. The molecule has 0 saturated carbocycles. The summed E-state index contributed by atoms with van der Waals surface area (Å²) in [6, 6.07) is 11.1. The van der Waals surface area contributed by atoms with Crippen molar-refractivity contribution in [1.82, 2.24) is 5.32 Å². The number of methoxy groups -OCH3 is 1.